The van der Waals surface area contributed by atoms with Crippen molar-refractivity contribution in [3.05, 3.63) is 24.0 Å². The Kier molecular flexibility index (Phi) is 3.22. The first-order valence-electron chi connectivity index (χ1n) is 5.30. The molecule has 1 aliphatic carbocycles. The fraction of sp³-hybridized carbons (Fsp3) is 0.500. The molecule has 6 heteroatoms. The first-order valence-corrected chi connectivity index (χ1v) is 6.78. The van der Waals surface area contributed by atoms with Crippen LogP contribution in [-0.2, 0) is 16.6 Å². The maximum absolute atomic E-state index is 12.0. The molecule has 1 aliphatic rings. The van der Waals surface area contributed by atoms with Crippen molar-refractivity contribution >= 4 is 10.0 Å². The highest BCUT2D eigenvalue weighted by molar-refractivity contribution is 7.89. The van der Waals surface area contributed by atoms with Crippen molar-refractivity contribution in [3.63, 3.8) is 0 Å². The molecule has 1 aromatic heterocycles. The van der Waals surface area contributed by atoms with E-state index < -0.39 is 10.0 Å². The maximum atomic E-state index is 12.0. The molecular weight excluding hydrogens is 226 g/mol. The van der Waals surface area contributed by atoms with E-state index in [0.29, 0.717) is 5.69 Å². The zero-order valence-corrected chi connectivity index (χ0v) is 9.70. The molecule has 1 fully saturated rings. The highest BCUT2D eigenvalue weighted by Crippen LogP contribution is 2.21. The van der Waals surface area contributed by atoms with E-state index in [1.165, 1.54) is 6.07 Å². The minimum atomic E-state index is -3.46. The van der Waals surface area contributed by atoms with Crippen LogP contribution in [0, 0.1) is 0 Å². The van der Waals surface area contributed by atoms with Gasteiger partial charge < -0.3 is 5.73 Å². The van der Waals surface area contributed by atoms with E-state index >= 15 is 0 Å². The van der Waals surface area contributed by atoms with Gasteiger partial charge in [-0.3, -0.25) is 4.98 Å². The maximum Gasteiger partial charge on any atom is 0.242 e. The average molecular weight is 241 g/mol. The Morgan fingerprint density at radius 2 is 2.25 bits per heavy atom. The fourth-order valence-corrected chi connectivity index (χ4v) is 3.14. The molecule has 0 unspecified atom stereocenters. The predicted octanol–water partition coefficient (Wildman–Crippen LogP) is 0.371. The lowest BCUT2D eigenvalue weighted by atomic mass is 9.94. The van der Waals surface area contributed by atoms with Gasteiger partial charge in [-0.2, -0.15) is 0 Å². The second-order valence-corrected chi connectivity index (χ2v) is 5.58. The number of aromatic nitrogens is 1. The quantitative estimate of drug-likeness (QED) is 0.797. The van der Waals surface area contributed by atoms with Gasteiger partial charge in [0, 0.05) is 18.8 Å². The van der Waals surface area contributed by atoms with Crippen molar-refractivity contribution in [2.45, 2.75) is 36.7 Å². The minimum absolute atomic E-state index is 0.0795. The molecule has 0 saturated heterocycles. The van der Waals surface area contributed by atoms with Gasteiger partial charge in [0.2, 0.25) is 10.0 Å². The van der Waals surface area contributed by atoms with Crippen LogP contribution in [-0.4, -0.2) is 19.4 Å². The Morgan fingerprint density at radius 3 is 2.81 bits per heavy atom. The molecule has 0 aromatic carbocycles. The molecule has 0 spiro atoms. The molecule has 0 radical (unpaired) electrons. The van der Waals surface area contributed by atoms with E-state index in [2.05, 4.69) is 9.71 Å². The normalized spacial score (nSPS) is 17.1. The number of nitrogens with zero attached hydrogens (tertiary/aromatic N) is 1. The number of nitrogens with one attached hydrogen (secondary N) is 1. The van der Waals surface area contributed by atoms with E-state index in [4.69, 9.17) is 5.73 Å². The molecule has 1 aromatic rings. The molecule has 88 valence electrons. The smallest absolute Gasteiger partial charge is 0.242 e. The second kappa shape index (κ2) is 4.48. The van der Waals surface area contributed by atoms with Crippen LogP contribution in [0.5, 0.6) is 0 Å². The first-order chi connectivity index (χ1) is 7.63. The van der Waals surface area contributed by atoms with Gasteiger partial charge in [0.25, 0.3) is 0 Å². The fourth-order valence-electron chi connectivity index (χ4n) is 1.63. The van der Waals surface area contributed by atoms with Crippen LogP contribution in [0.1, 0.15) is 25.0 Å². The Labute approximate surface area is 95.1 Å². The lowest BCUT2D eigenvalue weighted by Gasteiger charge is -2.26. The third-order valence-corrected chi connectivity index (χ3v) is 4.35. The van der Waals surface area contributed by atoms with Gasteiger partial charge in [0.05, 0.1) is 5.69 Å². The van der Waals surface area contributed by atoms with Crippen LogP contribution in [0.15, 0.2) is 23.2 Å². The summed E-state index contributed by atoms with van der Waals surface area (Å²) in [6.07, 6.45) is 4.46. The molecule has 0 aliphatic heterocycles. The molecule has 0 atom stereocenters. The van der Waals surface area contributed by atoms with Crippen LogP contribution >= 0.6 is 0 Å². The van der Waals surface area contributed by atoms with E-state index in [0.717, 1.165) is 19.3 Å². The Hall–Kier alpha value is -0.980. The molecular formula is C10H15N3O2S. The van der Waals surface area contributed by atoms with Crippen LogP contribution in [0.25, 0.3) is 0 Å². The van der Waals surface area contributed by atoms with Crippen molar-refractivity contribution < 1.29 is 8.42 Å². The van der Waals surface area contributed by atoms with Crippen molar-refractivity contribution in [2.75, 3.05) is 0 Å². The van der Waals surface area contributed by atoms with Gasteiger partial charge in [-0.1, -0.05) is 6.42 Å². The van der Waals surface area contributed by atoms with Crippen LogP contribution in [0.3, 0.4) is 0 Å². The molecule has 5 nitrogen and oxygen atoms in total. The van der Waals surface area contributed by atoms with Crippen molar-refractivity contribution in [3.8, 4) is 0 Å². The van der Waals surface area contributed by atoms with Crippen molar-refractivity contribution in [2.24, 2.45) is 5.73 Å². The van der Waals surface area contributed by atoms with E-state index in [1.54, 1.807) is 12.3 Å². The number of nitrogens with two attached hydrogens (primary N) is 1. The number of sulfonamides is 1. The SMILES string of the molecule is NCc1ncccc1S(=O)(=O)NC1CCC1. The van der Waals surface area contributed by atoms with Crippen LogP contribution in [0.4, 0.5) is 0 Å². The van der Waals surface area contributed by atoms with Crippen LogP contribution in [0.2, 0.25) is 0 Å². The average Bonchev–Trinajstić information content (AvgIpc) is 2.24. The lowest BCUT2D eigenvalue weighted by Crippen LogP contribution is -2.39. The summed E-state index contributed by atoms with van der Waals surface area (Å²) in [6.45, 7) is 0.127. The van der Waals surface area contributed by atoms with Gasteiger partial charge in [0.1, 0.15) is 4.90 Å². The highest BCUT2D eigenvalue weighted by Gasteiger charge is 2.26. The third kappa shape index (κ3) is 2.23. The summed E-state index contributed by atoms with van der Waals surface area (Å²) in [5, 5.41) is 0. The van der Waals surface area contributed by atoms with Gasteiger partial charge in [-0.05, 0) is 25.0 Å². The Bertz CT molecular complexity index is 469. The summed E-state index contributed by atoms with van der Waals surface area (Å²) in [7, 11) is -3.46. The third-order valence-electron chi connectivity index (χ3n) is 2.76. The predicted molar refractivity (Wildman–Crippen MR) is 60.1 cm³/mol. The van der Waals surface area contributed by atoms with Crippen molar-refractivity contribution in [1.29, 1.82) is 0 Å². The molecule has 16 heavy (non-hydrogen) atoms. The molecule has 2 rings (SSSR count). The molecule has 0 amide bonds. The largest absolute Gasteiger partial charge is 0.325 e. The number of pyridine rings is 1. The summed E-state index contributed by atoms with van der Waals surface area (Å²) < 4.78 is 26.7. The summed E-state index contributed by atoms with van der Waals surface area (Å²) in [6, 6.07) is 3.22. The second-order valence-electron chi connectivity index (χ2n) is 3.90. The minimum Gasteiger partial charge on any atom is -0.325 e. The van der Waals surface area contributed by atoms with E-state index in [9.17, 15) is 8.42 Å². The monoisotopic (exact) mass is 241 g/mol. The number of hydrogen-bond acceptors (Lipinski definition) is 4. The van der Waals surface area contributed by atoms with E-state index in [-0.39, 0.29) is 17.5 Å². The van der Waals surface area contributed by atoms with Gasteiger partial charge in [-0.25, -0.2) is 13.1 Å². The lowest BCUT2D eigenvalue weighted by molar-refractivity contribution is 0.383. The zero-order valence-electron chi connectivity index (χ0n) is 8.89. The summed E-state index contributed by atoms with van der Waals surface area (Å²) in [4.78, 5) is 4.17. The summed E-state index contributed by atoms with van der Waals surface area (Å²) >= 11 is 0. The summed E-state index contributed by atoms with van der Waals surface area (Å²) in [5.41, 5.74) is 5.88. The van der Waals surface area contributed by atoms with E-state index in [1.807, 2.05) is 0 Å². The highest BCUT2D eigenvalue weighted by atomic mass is 32.2. The first kappa shape index (κ1) is 11.5. The Morgan fingerprint density at radius 1 is 1.50 bits per heavy atom. The number of rotatable bonds is 4. The number of hydrogen-bond donors (Lipinski definition) is 2. The Balaban J connectivity index is 2.27. The van der Waals surface area contributed by atoms with Gasteiger partial charge in [0.15, 0.2) is 0 Å². The van der Waals surface area contributed by atoms with Gasteiger partial charge in [-0.15, -0.1) is 0 Å². The molecule has 3 N–H and O–H groups in total. The molecule has 1 heterocycles. The molecule has 1 saturated carbocycles. The van der Waals surface area contributed by atoms with Crippen molar-refractivity contribution in [1.82, 2.24) is 9.71 Å². The topological polar surface area (TPSA) is 85.1 Å². The molecule has 0 bridgehead atoms. The zero-order chi connectivity index (χ0) is 11.6. The van der Waals surface area contributed by atoms with Gasteiger partial charge >= 0.3 is 0 Å². The van der Waals surface area contributed by atoms with Crippen LogP contribution < -0.4 is 10.5 Å². The summed E-state index contributed by atoms with van der Waals surface area (Å²) in [5.74, 6) is 0. The standard InChI is InChI=1S/C10H15N3O2S/c11-7-9-10(5-2-6-12-9)16(14,15)13-8-3-1-4-8/h2,5-6,8,13H,1,3-4,7,11H2.